The molecule has 5 rings (SSSR count). The van der Waals surface area contributed by atoms with Crippen molar-refractivity contribution in [1.29, 1.82) is 0 Å². The number of ether oxygens (including phenoxy) is 1. The van der Waals surface area contributed by atoms with Crippen LogP contribution in [0.1, 0.15) is 42.7 Å². The third-order valence-corrected chi connectivity index (χ3v) is 8.20. The fourth-order valence-corrected chi connectivity index (χ4v) is 5.41. The van der Waals surface area contributed by atoms with Gasteiger partial charge in [-0.2, -0.15) is 0 Å². The van der Waals surface area contributed by atoms with E-state index in [-0.39, 0.29) is 17.9 Å². The number of nitrogens with zero attached hydrogens (tertiary/aromatic N) is 4. The first-order chi connectivity index (χ1) is 22.3. The van der Waals surface area contributed by atoms with Crippen molar-refractivity contribution < 1.29 is 14.3 Å². The van der Waals surface area contributed by atoms with Gasteiger partial charge >= 0.3 is 6.03 Å². The molecule has 0 bridgehead atoms. The Bertz CT molecular complexity index is 1820. The zero-order valence-electron chi connectivity index (χ0n) is 25.5. The Balaban J connectivity index is 1.40. The summed E-state index contributed by atoms with van der Waals surface area (Å²) in [5, 5.41) is 12.6. The van der Waals surface area contributed by atoms with Gasteiger partial charge in [0, 0.05) is 50.6 Å². The Morgan fingerprint density at radius 2 is 1.78 bits per heavy atom. The summed E-state index contributed by atoms with van der Waals surface area (Å²) in [4.78, 5) is 45.0. The predicted octanol–water partition coefficient (Wildman–Crippen LogP) is 7.61. The minimum absolute atomic E-state index is 0.255. The number of amides is 3. The summed E-state index contributed by atoms with van der Waals surface area (Å²) in [6, 6.07) is 20.1. The normalized spacial score (nSPS) is 11.0. The van der Waals surface area contributed by atoms with E-state index in [4.69, 9.17) is 9.72 Å². The minimum Gasteiger partial charge on any atom is -0.380 e. The Kier molecular flexibility index (Phi) is 11.1. The van der Waals surface area contributed by atoms with Crippen LogP contribution in [0.5, 0.6) is 0 Å². The second-order valence-electron chi connectivity index (χ2n) is 10.3. The van der Waals surface area contributed by atoms with Gasteiger partial charge in [-0.25, -0.2) is 24.7 Å². The molecular formula is C33H33BrN8O3S. The van der Waals surface area contributed by atoms with Crippen molar-refractivity contribution >= 4 is 73.7 Å². The van der Waals surface area contributed by atoms with E-state index in [1.807, 2.05) is 55.5 Å². The van der Waals surface area contributed by atoms with Gasteiger partial charge < -0.3 is 26.0 Å². The summed E-state index contributed by atoms with van der Waals surface area (Å²) in [7, 11) is 0. The number of rotatable bonds is 12. The molecule has 4 N–H and O–H groups in total. The molecule has 0 radical (unpaired) electrons. The number of hydrogen-bond acceptors (Lipinski definition) is 9. The van der Waals surface area contributed by atoms with Crippen LogP contribution in [0.3, 0.4) is 0 Å². The van der Waals surface area contributed by atoms with Crippen molar-refractivity contribution in [1.82, 2.24) is 25.3 Å². The zero-order valence-corrected chi connectivity index (χ0v) is 27.9. The third kappa shape index (κ3) is 8.77. The number of hydrogen-bond donors (Lipinski definition) is 4. The van der Waals surface area contributed by atoms with E-state index in [0.717, 1.165) is 25.3 Å². The summed E-state index contributed by atoms with van der Waals surface area (Å²) in [6.07, 6.45) is 3.10. The maximum absolute atomic E-state index is 13.2. The lowest BCUT2D eigenvalue weighted by Gasteiger charge is -2.15. The van der Waals surface area contributed by atoms with E-state index in [1.54, 1.807) is 24.4 Å². The highest BCUT2D eigenvalue weighted by Gasteiger charge is 2.15. The van der Waals surface area contributed by atoms with Gasteiger partial charge in [0.1, 0.15) is 18.0 Å². The monoisotopic (exact) mass is 700 g/mol. The van der Waals surface area contributed by atoms with Crippen molar-refractivity contribution in [3.05, 3.63) is 95.0 Å². The number of fused-ring (bicyclic) bond motifs is 1. The number of benzene rings is 2. The standard InChI is InChI=1S/C33H33BrN8O3S/c1-4-45-16-15-35-33(44)39-23-7-9-24(10-8-23)46-28-13-5-21(32(43)42-29-14-6-22(34)18-36-29)17-27(28)41-31-25-11-12-26(20(2)3)40-30(25)37-19-38-31/h5-14,17-20H,4,15-16H2,1-3H3,(H2,35,39,44)(H,36,42,43)(H,37,38,40,41). The van der Waals surface area contributed by atoms with Gasteiger partial charge in [-0.05, 0) is 95.5 Å². The SMILES string of the molecule is CCOCCNC(=O)Nc1ccc(Sc2ccc(C(=O)Nc3ccc(Br)cn3)cc2Nc2ncnc3nc(C(C)C)ccc23)cc1. The van der Waals surface area contributed by atoms with Gasteiger partial charge in [-0.15, -0.1) is 0 Å². The lowest BCUT2D eigenvalue weighted by molar-refractivity contribution is 0.102. The Morgan fingerprint density at radius 3 is 2.52 bits per heavy atom. The smallest absolute Gasteiger partial charge is 0.319 e. The number of anilines is 4. The molecule has 0 aliphatic carbocycles. The van der Waals surface area contributed by atoms with Crippen molar-refractivity contribution in [3.63, 3.8) is 0 Å². The molecule has 0 saturated carbocycles. The molecule has 236 valence electrons. The molecule has 0 fully saturated rings. The van der Waals surface area contributed by atoms with E-state index in [9.17, 15) is 9.59 Å². The lowest BCUT2D eigenvalue weighted by atomic mass is 10.1. The quantitative estimate of drug-likeness (QED) is 0.0967. The van der Waals surface area contributed by atoms with Crippen LogP contribution in [0.4, 0.5) is 27.8 Å². The van der Waals surface area contributed by atoms with E-state index in [0.29, 0.717) is 54.0 Å². The van der Waals surface area contributed by atoms with Gasteiger partial charge in [0.05, 0.1) is 17.7 Å². The highest BCUT2D eigenvalue weighted by atomic mass is 79.9. The second kappa shape index (κ2) is 15.6. The van der Waals surface area contributed by atoms with E-state index in [1.165, 1.54) is 18.1 Å². The molecule has 0 aliphatic rings. The van der Waals surface area contributed by atoms with Crippen molar-refractivity contribution in [2.45, 2.75) is 36.5 Å². The molecule has 2 aromatic carbocycles. The van der Waals surface area contributed by atoms with Crippen LogP contribution < -0.4 is 21.3 Å². The van der Waals surface area contributed by atoms with Crippen molar-refractivity contribution in [2.24, 2.45) is 0 Å². The Hall–Kier alpha value is -4.59. The largest absolute Gasteiger partial charge is 0.380 e. The van der Waals surface area contributed by atoms with E-state index >= 15 is 0 Å². The molecule has 3 heterocycles. The van der Waals surface area contributed by atoms with Crippen LogP contribution in [-0.2, 0) is 4.74 Å². The van der Waals surface area contributed by atoms with Gasteiger partial charge in [0.25, 0.3) is 5.91 Å². The highest BCUT2D eigenvalue weighted by molar-refractivity contribution is 9.10. The summed E-state index contributed by atoms with van der Waals surface area (Å²) in [5.41, 5.74) is 3.29. The topological polar surface area (TPSA) is 143 Å². The highest BCUT2D eigenvalue weighted by Crippen LogP contribution is 2.37. The summed E-state index contributed by atoms with van der Waals surface area (Å²) in [6.45, 7) is 7.56. The van der Waals surface area contributed by atoms with Crippen molar-refractivity contribution in [2.75, 3.05) is 35.7 Å². The number of pyridine rings is 2. The molecule has 5 aromatic rings. The van der Waals surface area contributed by atoms with Gasteiger partial charge in [-0.3, -0.25) is 4.79 Å². The second-order valence-corrected chi connectivity index (χ2v) is 12.4. The van der Waals surface area contributed by atoms with Crippen LogP contribution in [0.15, 0.2) is 93.5 Å². The molecular weight excluding hydrogens is 668 g/mol. The number of urea groups is 1. The molecule has 11 nitrogen and oxygen atoms in total. The first-order valence-corrected chi connectivity index (χ1v) is 16.3. The maximum Gasteiger partial charge on any atom is 0.319 e. The first-order valence-electron chi connectivity index (χ1n) is 14.6. The summed E-state index contributed by atoms with van der Waals surface area (Å²) < 4.78 is 6.07. The number of carbonyl (C=O) groups excluding carboxylic acids is 2. The Morgan fingerprint density at radius 1 is 0.957 bits per heavy atom. The van der Waals surface area contributed by atoms with Crippen molar-refractivity contribution in [3.8, 4) is 0 Å². The van der Waals surface area contributed by atoms with Crippen LogP contribution in [0.25, 0.3) is 11.0 Å². The first kappa shape index (κ1) is 32.8. The average molecular weight is 702 g/mol. The summed E-state index contributed by atoms with van der Waals surface area (Å²) >= 11 is 4.87. The number of halogens is 1. The molecule has 0 aliphatic heterocycles. The van der Waals surface area contributed by atoms with E-state index < -0.39 is 0 Å². The number of aromatic nitrogens is 4. The molecule has 3 aromatic heterocycles. The van der Waals surface area contributed by atoms with Gasteiger partial charge in [0.15, 0.2) is 5.65 Å². The zero-order chi connectivity index (χ0) is 32.5. The van der Waals surface area contributed by atoms with Crippen LogP contribution >= 0.6 is 27.7 Å². The predicted molar refractivity (Wildman–Crippen MR) is 185 cm³/mol. The molecule has 3 amide bonds. The lowest BCUT2D eigenvalue weighted by Crippen LogP contribution is -2.31. The molecule has 0 unspecified atom stereocenters. The fourth-order valence-electron chi connectivity index (χ4n) is 4.29. The number of nitrogens with one attached hydrogen (secondary N) is 4. The van der Waals surface area contributed by atoms with E-state index in [2.05, 4.69) is 66.0 Å². The van der Waals surface area contributed by atoms with Crippen LogP contribution in [-0.4, -0.2) is 51.6 Å². The molecule has 0 saturated heterocycles. The van der Waals surface area contributed by atoms with Gasteiger partial charge in [-0.1, -0.05) is 25.6 Å². The summed E-state index contributed by atoms with van der Waals surface area (Å²) in [5.74, 6) is 0.953. The third-order valence-electron chi connectivity index (χ3n) is 6.65. The Labute approximate surface area is 279 Å². The minimum atomic E-state index is -0.305. The molecule has 46 heavy (non-hydrogen) atoms. The number of carbonyl (C=O) groups is 2. The molecule has 0 atom stereocenters. The van der Waals surface area contributed by atoms with Crippen LogP contribution in [0, 0.1) is 0 Å². The van der Waals surface area contributed by atoms with Gasteiger partial charge in [0.2, 0.25) is 0 Å². The fraction of sp³-hybridized carbons (Fsp3) is 0.212. The molecule has 13 heteroatoms. The average Bonchev–Trinajstić information content (AvgIpc) is 3.05. The molecule has 0 spiro atoms. The van der Waals surface area contributed by atoms with Crippen LogP contribution in [0.2, 0.25) is 0 Å². The maximum atomic E-state index is 13.2.